The van der Waals surface area contributed by atoms with Gasteiger partial charge in [0.1, 0.15) is 16.8 Å². The molecule has 0 bridgehead atoms. The van der Waals surface area contributed by atoms with Crippen molar-refractivity contribution in [3.8, 4) is 61.6 Å². The zero-order chi connectivity index (χ0) is 58.7. The zero-order valence-corrected chi connectivity index (χ0v) is 48.3. The molecule has 0 unspecified atom stereocenters. The minimum Gasteiger partial charge on any atom is -0.455 e. The average molecular weight is 1150 g/mol. The highest BCUT2D eigenvalue weighted by atomic mass is 16.3. The SMILES string of the molecule is c1ccc(-c2ccn3c(c2)nc2cc4c(cc23)c2ccccc2n4-c2ccc(-c3ccc(-n4c5ccccc5c5c(-c6cn7c8ccccc8nc7c7c6c6ccccc6n7-c6ccc(-c7cccc8c7oc7ccccc78)cc6)cccc54)cc3)cc2)cc1. The van der Waals surface area contributed by atoms with Crippen LogP contribution in [0.3, 0.4) is 0 Å². The fraction of sp³-hybridized carbons (Fsp3) is 0. The predicted octanol–water partition coefficient (Wildman–Crippen LogP) is 21.1. The third kappa shape index (κ3) is 7.01. The first kappa shape index (κ1) is 48.9. The van der Waals surface area contributed by atoms with E-state index < -0.39 is 0 Å². The van der Waals surface area contributed by atoms with Crippen LogP contribution in [-0.2, 0) is 0 Å². The number of furan rings is 1. The first-order chi connectivity index (χ1) is 44.6. The quantitative estimate of drug-likeness (QED) is 0.160. The molecule has 0 aliphatic heterocycles. The van der Waals surface area contributed by atoms with Crippen LogP contribution in [-0.4, -0.2) is 32.5 Å². The second kappa shape index (κ2) is 18.6. The number of fused-ring (bicyclic) bond motifs is 19. The van der Waals surface area contributed by atoms with Gasteiger partial charge in [0.15, 0.2) is 5.65 Å². The van der Waals surface area contributed by atoms with E-state index in [0.717, 1.165) is 155 Å². The Bertz CT molecular complexity index is 6370. The molecule has 8 heterocycles. The summed E-state index contributed by atoms with van der Waals surface area (Å²) in [4.78, 5) is 10.6. The van der Waals surface area contributed by atoms with Gasteiger partial charge < -0.3 is 18.1 Å². The topological polar surface area (TPSA) is 62.5 Å². The smallest absolute Gasteiger partial charge is 0.163 e. The van der Waals surface area contributed by atoms with E-state index in [1.807, 2.05) is 12.1 Å². The fourth-order valence-electron chi connectivity index (χ4n) is 14.9. The Labute approximate surface area is 513 Å². The van der Waals surface area contributed by atoms with Gasteiger partial charge in [0.25, 0.3) is 0 Å². The van der Waals surface area contributed by atoms with Gasteiger partial charge >= 0.3 is 0 Å². The summed E-state index contributed by atoms with van der Waals surface area (Å²) in [5, 5.41) is 9.36. The monoisotopic (exact) mass is 1150 g/mol. The molecule has 0 spiro atoms. The Morgan fingerprint density at radius 1 is 0.289 bits per heavy atom. The van der Waals surface area contributed by atoms with Gasteiger partial charge in [-0.05, 0) is 137 Å². The first-order valence-corrected chi connectivity index (χ1v) is 30.6. The van der Waals surface area contributed by atoms with E-state index in [9.17, 15) is 0 Å². The number of hydrogen-bond donors (Lipinski definition) is 0. The molecule has 0 aliphatic carbocycles. The van der Waals surface area contributed by atoms with Crippen LogP contribution in [0, 0.1) is 0 Å². The molecule has 0 N–H and O–H groups in total. The molecular weight excluding hydrogens is 1100 g/mol. The van der Waals surface area contributed by atoms with Crippen LogP contribution in [0.5, 0.6) is 0 Å². The molecule has 0 radical (unpaired) electrons. The van der Waals surface area contributed by atoms with Crippen LogP contribution >= 0.6 is 0 Å². The summed E-state index contributed by atoms with van der Waals surface area (Å²) in [5.41, 5.74) is 26.8. The molecule has 418 valence electrons. The maximum absolute atomic E-state index is 6.53. The summed E-state index contributed by atoms with van der Waals surface area (Å²) < 4.78 is 18.3. The first-order valence-electron chi connectivity index (χ1n) is 30.6. The number of nitrogens with zero attached hydrogens (tertiary/aromatic N) is 7. The largest absolute Gasteiger partial charge is 0.455 e. The van der Waals surface area contributed by atoms with Crippen LogP contribution in [0.15, 0.2) is 302 Å². The number of para-hydroxylation sites is 7. The van der Waals surface area contributed by atoms with Crippen LogP contribution in [0.1, 0.15) is 0 Å². The lowest BCUT2D eigenvalue weighted by atomic mass is 9.96. The molecule has 8 aromatic heterocycles. The van der Waals surface area contributed by atoms with Crippen molar-refractivity contribution < 1.29 is 4.42 Å². The molecule has 0 aliphatic rings. The Kier molecular flexibility index (Phi) is 10.1. The van der Waals surface area contributed by atoms with Gasteiger partial charge in [-0.25, -0.2) is 9.97 Å². The third-order valence-corrected chi connectivity index (χ3v) is 18.9. The molecule has 8 nitrogen and oxygen atoms in total. The van der Waals surface area contributed by atoms with Gasteiger partial charge in [-0.2, -0.15) is 0 Å². The lowest BCUT2D eigenvalue weighted by molar-refractivity contribution is 0.670. The van der Waals surface area contributed by atoms with Crippen LogP contribution in [0.2, 0.25) is 0 Å². The maximum Gasteiger partial charge on any atom is 0.163 e. The maximum atomic E-state index is 6.53. The Morgan fingerprint density at radius 3 is 1.60 bits per heavy atom. The van der Waals surface area contributed by atoms with E-state index in [0.29, 0.717) is 0 Å². The molecule has 0 atom stereocenters. The molecule has 0 amide bonds. The number of rotatable bonds is 7. The summed E-state index contributed by atoms with van der Waals surface area (Å²) in [6, 6.07) is 103. The van der Waals surface area contributed by atoms with E-state index in [2.05, 4.69) is 308 Å². The molecule has 8 heteroatoms. The number of pyridine rings is 2. The summed E-state index contributed by atoms with van der Waals surface area (Å²) >= 11 is 0. The molecule has 90 heavy (non-hydrogen) atoms. The van der Waals surface area contributed by atoms with Crippen molar-refractivity contribution in [3.05, 3.63) is 298 Å². The molecule has 0 saturated carbocycles. The zero-order valence-electron chi connectivity index (χ0n) is 48.3. The molecule has 0 saturated heterocycles. The molecule has 20 rings (SSSR count). The summed E-state index contributed by atoms with van der Waals surface area (Å²) in [5.74, 6) is 0. The molecule has 0 fully saturated rings. The standard InChI is InChI=1S/C82H49N7O/c1-2-16-50(17-3-1)54-44-45-85-75-47-65-59-18-4-9-26-69(59)88(74(65)48-68(75)83-77(85)46-54)56-40-34-52(35-41-56)51-32-38-55(39-33-51)87-70-27-10-5-20-63(70)78-61(23-15-30-73(78)87)66-49-86-72-29-12-8-25-67(72)84-82(86)80-79(66)64-21-6-11-28-71(64)89(80)57-42-36-53(37-43-57)58-22-14-24-62-60-19-7-13-31-76(60)90-81(58)62/h1-49H. The second-order valence-electron chi connectivity index (χ2n) is 23.7. The Morgan fingerprint density at radius 2 is 0.844 bits per heavy atom. The van der Waals surface area contributed by atoms with Crippen LogP contribution in [0.4, 0.5) is 0 Å². The summed E-state index contributed by atoms with van der Waals surface area (Å²) in [6.45, 7) is 0. The fourth-order valence-corrected chi connectivity index (χ4v) is 14.9. The minimum atomic E-state index is 0.893. The van der Waals surface area contributed by atoms with Gasteiger partial charge in [0, 0.05) is 83.7 Å². The van der Waals surface area contributed by atoms with Gasteiger partial charge in [-0.15, -0.1) is 0 Å². The van der Waals surface area contributed by atoms with E-state index in [-0.39, 0.29) is 0 Å². The molecule has 20 aromatic rings. The van der Waals surface area contributed by atoms with Gasteiger partial charge in [0.2, 0.25) is 0 Å². The van der Waals surface area contributed by atoms with Gasteiger partial charge in [-0.3, -0.25) is 8.80 Å². The van der Waals surface area contributed by atoms with Crippen molar-refractivity contribution in [3.63, 3.8) is 0 Å². The van der Waals surface area contributed by atoms with E-state index in [1.165, 1.54) is 27.1 Å². The van der Waals surface area contributed by atoms with Crippen molar-refractivity contribution in [2.75, 3.05) is 0 Å². The minimum absolute atomic E-state index is 0.893. The van der Waals surface area contributed by atoms with Crippen molar-refractivity contribution in [2.24, 2.45) is 0 Å². The normalized spacial score (nSPS) is 12.2. The average Bonchev–Trinajstić information content (AvgIpc) is 1.57. The highest BCUT2D eigenvalue weighted by Crippen LogP contribution is 2.47. The number of hydrogen-bond acceptors (Lipinski definition) is 3. The van der Waals surface area contributed by atoms with Crippen LogP contribution in [0.25, 0.3) is 182 Å². The van der Waals surface area contributed by atoms with Gasteiger partial charge in [0.05, 0.1) is 55.2 Å². The van der Waals surface area contributed by atoms with E-state index in [4.69, 9.17) is 14.4 Å². The van der Waals surface area contributed by atoms with Crippen LogP contribution < -0.4 is 0 Å². The van der Waals surface area contributed by atoms with E-state index in [1.54, 1.807) is 0 Å². The highest BCUT2D eigenvalue weighted by molar-refractivity contribution is 6.25. The highest BCUT2D eigenvalue weighted by Gasteiger charge is 2.26. The molecule has 12 aromatic carbocycles. The second-order valence-corrected chi connectivity index (χ2v) is 23.7. The summed E-state index contributed by atoms with van der Waals surface area (Å²) in [7, 11) is 0. The number of benzene rings is 12. The van der Waals surface area contributed by atoms with E-state index >= 15 is 0 Å². The van der Waals surface area contributed by atoms with Gasteiger partial charge in [-0.1, -0.05) is 182 Å². The lowest BCUT2D eigenvalue weighted by Gasteiger charge is -2.13. The van der Waals surface area contributed by atoms with Crippen molar-refractivity contribution in [1.82, 2.24) is 32.5 Å². The molecular formula is C82H49N7O. The Balaban J connectivity index is 0.700. The summed E-state index contributed by atoms with van der Waals surface area (Å²) in [6.07, 6.45) is 4.49. The Hall–Kier alpha value is -12.3. The van der Waals surface area contributed by atoms with Crippen molar-refractivity contribution >= 4 is 121 Å². The third-order valence-electron chi connectivity index (χ3n) is 18.9. The van der Waals surface area contributed by atoms with Crippen molar-refractivity contribution in [1.29, 1.82) is 0 Å². The number of imidazole rings is 2. The predicted molar refractivity (Wildman–Crippen MR) is 371 cm³/mol. The lowest BCUT2D eigenvalue weighted by Crippen LogP contribution is -1.98. The van der Waals surface area contributed by atoms with Crippen molar-refractivity contribution in [2.45, 2.75) is 0 Å². The number of aromatic nitrogens is 7.